The zero-order chi connectivity index (χ0) is 7.68. The number of rotatable bonds is 0. The van der Waals surface area contributed by atoms with Gasteiger partial charge in [-0.2, -0.15) is 0 Å². The Hall–Kier alpha value is -1.58. The van der Waals surface area contributed by atoms with Crippen LogP contribution in [-0.4, -0.2) is 23.2 Å². The first-order valence-corrected chi connectivity index (χ1v) is 3.32. The Balaban J connectivity index is 2.31. The summed E-state index contributed by atoms with van der Waals surface area (Å²) in [4.78, 5) is 16.7. The van der Waals surface area contributed by atoms with Gasteiger partial charge in [-0.3, -0.25) is 4.79 Å². The van der Waals surface area contributed by atoms with E-state index >= 15 is 0 Å². The highest BCUT2D eigenvalue weighted by Crippen LogP contribution is 2.07. The van der Waals surface area contributed by atoms with E-state index in [9.17, 15) is 4.79 Å². The van der Waals surface area contributed by atoms with Crippen LogP contribution in [0.25, 0.3) is 0 Å². The summed E-state index contributed by atoms with van der Waals surface area (Å²) in [5.41, 5.74) is 0. The molecule has 0 saturated heterocycles. The van der Waals surface area contributed by atoms with Gasteiger partial charge in [-0.25, -0.2) is 4.99 Å². The second kappa shape index (κ2) is 2.23. The van der Waals surface area contributed by atoms with Crippen molar-refractivity contribution in [2.75, 3.05) is 0 Å². The van der Waals surface area contributed by atoms with Gasteiger partial charge >= 0.3 is 0 Å². The van der Waals surface area contributed by atoms with Crippen molar-refractivity contribution < 1.29 is 4.79 Å². The first-order chi connectivity index (χ1) is 5.38. The van der Waals surface area contributed by atoms with Gasteiger partial charge in [-0.05, 0) is 6.08 Å². The number of aliphatic imine (C=N–C) groups is 1. The highest BCUT2D eigenvalue weighted by Gasteiger charge is 2.23. The summed E-state index contributed by atoms with van der Waals surface area (Å²) in [5, 5.41) is 2.61. The highest BCUT2D eigenvalue weighted by molar-refractivity contribution is 5.88. The van der Waals surface area contributed by atoms with E-state index in [0.717, 1.165) is 0 Å². The van der Waals surface area contributed by atoms with Gasteiger partial charge in [0.05, 0.1) is 6.34 Å². The van der Waals surface area contributed by atoms with Gasteiger partial charge in [0.2, 0.25) is 0 Å². The van der Waals surface area contributed by atoms with Crippen molar-refractivity contribution in [3.63, 3.8) is 0 Å². The fourth-order valence-electron chi connectivity index (χ4n) is 1.06. The lowest BCUT2D eigenvalue weighted by Crippen LogP contribution is -2.45. The van der Waals surface area contributed by atoms with Gasteiger partial charge in [-0.15, -0.1) is 0 Å². The average Bonchev–Trinajstić information content (AvgIpc) is 2.06. The molecule has 0 aliphatic carbocycles. The van der Waals surface area contributed by atoms with E-state index in [1.165, 1.54) is 0 Å². The Labute approximate surface area is 63.9 Å². The summed E-state index contributed by atoms with van der Waals surface area (Å²) < 4.78 is 0. The molecule has 11 heavy (non-hydrogen) atoms. The number of nitrogens with one attached hydrogen (secondary N) is 1. The molecule has 2 rings (SSSR count). The quantitative estimate of drug-likeness (QED) is 0.519. The molecular formula is C7H7N3O. The predicted molar refractivity (Wildman–Crippen MR) is 40.5 cm³/mol. The summed E-state index contributed by atoms with van der Waals surface area (Å²) in [6, 6.07) is -0.211. The number of carbonyl (C=O) groups is 1. The molecule has 2 aliphatic heterocycles. The maximum atomic E-state index is 11.1. The molecule has 0 aromatic heterocycles. The molecule has 0 saturated carbocycles. The molecule has 2 aliphatic rings. The van der Waals surface area contributed by atoms with Crippen molar-refractivity contribution in [2.45, 2.75) is 6.04 Å². The summed E-state index contributed by atoms with van der Waals surface area (Å²) in [6.45, 7) is 0. The molecule has 0 bridgehead atoms. The van der Waals surface area contributed by atoms with Crippen LogP contribution in [0.15, 0.2) is 29.7 Å². The average molecular weight is 149 g/mol. The number of nitrogens with zero attached hydrogens (tertiary/aromatic N) is 2. The van der Waals surface area contributed by atoms with Crippen LogP contribution in [0, 0.1) is 0 Å². The molecule has 4 nitrogen and oxygen atoms in total. The number of hydrogen-bond acceptors (Lipinski definition) is 3. The molecule has 0 radical (unpaired) electrons. The lowest BCUT2D eigenvalue weighted by Gasteiger charge is -2.27. The van der Waals surface area contributed by atoms with Crippen LogP contribution in [0.1, 0.15) is 0 Å². The van der Waals surface area contributed by atoms with E-state index in [4.69, 9.17) is 0 Å². The van der Waals surface area contributed by atoms with Crippen LogP contribution in [0.3, 0.4) is 0 Å². The Morgan fingerprint density at radius 2 is 2.55 bits per heavy atom. The van der Waals surface area contributed by atoms with Gasteiger partial charge in [0, 0.05) is 18.6 Å². The van der Waals surface area contributed by atoms with Crippen molar-refractivity contribution in [3.05, 3.63) is 24.7 Å². The van der Waals surface area contributed by atoms with E-state index < -0.39 is 0 Å². The van der Waals surface area contributed by atoms with Crippen molar-refractivity contribution in [3.8, 4) is 0 Å². The molecule has 2 heterocycles. The molecule has 56 valence electrons. The number of hydrogen-bond donors (Lipinski definition) is 1. The molecule has 0 spiro atoms. The number of fused-ring (bicyclic) bond motifs is 1. The van der Waals surface area contributed by atoms with Crippen LogP contribution in [0.4, 0.5) is 0 Å². The third kappa shape index (κ3) is 0.920. The lowest BCUT2D eigenvalue weighted by molar-refractivity contribution is -0.122. The second-order valence-corrected chi connectivity index (χ2v) is 2.32. The van der Waals surface area contributed by atoms with Gasteiger partial charge in [-0.1, -0.05) is 0 Å². The lowest BCUT2D eigenvalue weighted by atomic mass is 10.2. The molecule has 1 amide bonds. The van der Waals surface area contributed by atoms with Crippen LogP contribution < -0.4 is 5.32 Å². The SMILES string of the molecule is O=C1NC=CN2C=NC=CC12. The molecule has 1 N–H and O–H groups in total. The van der Waals surface area contributed by atoms with E-state index in [1.807, 2.05) is 0 Å². The molecule has 1 unspecified atom stereocenters. The van der Waals surface area contributed by atoms with Gasteiger partial charge in [0.15, 0.2) is 0 Å². The fourth-order valence-corrected chi connectivity index (χ4v) is 1.06. The summed E-state index contributed by atoms with van der Waals surface area (Å²) in [5.74, 6) is -0.0186. The van der Waals surface area contributed by atoms with Crippen LogP contribution >= 0.6 is 0 Å². The van der Waals surface area contributed by atoms with E-state index in [1.54, 1.807) is 35.9 Å². The minimum absolute atomic E-state index is 0.0186. The highest BCUT2D eigenvalue weighted by atomic mass is 16.2. The van der Waals surface area contributed by atoms with Crippen molar-refractivity contribution >= 4 is 12.2 Å². The predicted octanol–water partition coefficient (Wildman–Crippen LogP) is -0.186. The smallest absolute Gasteiger partial charge is 0.251 e. The zero-order valence-corrected chi connectivity index (χ0v) is 5.77. The van der Waals surface area contributed by atoms with Crippen molar-refractivity contribution in [1.82, 2.24) is 10.2 Å². The normalized spacial score (nSPS) is 26.7. The zero-order valence-electron chi connectivity index (χ0n) is 5.77. The molecule has 0 aromatic rings. The fraction of sp³-hybridized carbons (Fsp3) is 0.143. The van der Waals surface area contributed by atoms with E-state index in [2.05, 4.69) is 10.3 Å². The minimum Gasteiger partial charge on any atom is -0.329 e. The maximum absolute atomic E-state index is 11.1. The summed E-state index contributed by atoms with van der Waals surface area (Å²) in [7, 11) is 0. The van der Waals surface area contributed by atoms with Crippen LogP contribution in [0.2, 0.25) is 0 Å². The van der Waals surface area contributed by atoms with Gasteiger partial charge < -0.3 is 10.2 Å². The van der Waals surface area contributed by atoms with Crippen molar-refractivity contribution in [2.24, 2.45) is 4.99 Å². The third-order valence-electron chi connectivity index (χ3n) is 1.62. The maximum Gasteiger partial charge on any atom is 0.251 e. The summed E-state index contributed by atoms with van der Waals surface area (Å²) >= 11 is 0. The molecule has 0 aromatic carbocycles. The van der Waals surface area contributed by atoms with E-state index in [-0.39, 0.29) is 11.9 Å². The van der Waals surface area contributed by atoms with E-state index in [0.29, 0.717) is 0 Å². The molecule has 0 fully saturated rings. The third-order valence-corrected chi connectivity index (χ3v) is 1.62. The first kappa shape index (κ1) is 6.15. The first-order valence-electron chi connectivity index (χ1n) is 3.32. The Kier molecular flexibility index (Phi) is 1.25. The van der Waals surface area contributed by atoms with Crippen LogP contribution in [-0.2, 0) is 4.79 Å². The van der Waals surface area contributed by atoms with Crippen LogP contribution in [0.5, 0.6) is 0 Å². The Bertz CT molecular complexity index is 267. The van der Waals surface area contributed by atoms with Gasteiger partial charge in [0.1, 0.15) is 6.04 Å². The molecular weight excluding hydrogens is 142 g/mol. The monoisotopic (exact) mass is 149 g/mol. The number of amides is 1. The topological polar surface area (TPSA) is 44.7 Å². The summed E-state index contributed by atoms with van der Waals surface area (Å²) in [6.07, 6.45) is 8.38. The van der Waals surface area contributed by atoms with Crippen molar-refractivity contribution in [1.29, 1.82) is 0 Å². The molecule has 4 heteroatoms. The molecule has 1 atom stereocenters. The van der Waals surface area contributed by atoms with Gasteiger partial charge in [0.25, 0.3) is 5.91 Å². The standard InChI is InChI=1S/C7H7N3O/c11-7-6-1-2-8-5-10(6)4-3-9-7/h1-6H,(H,9,11). The Morgan fingerprint density at radius 1 is 1.64 bits per heavy atom. The number of carbonyl (C=O) groups excluding carboxylic acids is 1. The largest absolute Gasteiger partial charge is 0.329 e. The second-order valence-electron chi connectivity index (χ2n) is 2.32. The minimum atomic E-state index is -0.211. The Morgan fingerprint density at radius 3 is 3.36 bits per heavy atom.